The molecular weight excluding hydrogens is 330 g/mol. The van der Waals surface area contributed by atoms with Crippen molar-refractivity contribution in [3.8, 4) is 0 Å². The lowest BCUT2D eigenvalue weighted by Crippen LogP contribution is -2.36. The zero-order chi connectivity index (χ0) is 14.3. The second-order valence-corrected chi connectivity index (χ2v) is 5.31. The number of thiol groups is 1. The summed E-state index contributed by atoms with van der Waals surface area (Å²) in [7, 11) is 3.23. The van der Waals surface area contributed by atoms with Gasteiger partial charge in [-0.15, -0.1) is 12.6 Å². The monoisotopic (exact) mass is 347 g/mol. The maximum Gasteiger partial charge on any atom is 0.255 e. The largest absolute Gasteiger partial charge is 0.383 e. The summed E-state index contributed by atoms with van der Waals surface area (Å²) in [6.45, 7) is 2.05. The molecule has 0 N–H and O–H groups in total. The summed E-state index contributed by atoms with van der Waals surface area (Å²) in [5.41, 5.74) is 0.597. The Morgan fingerprint density at radius 2 is 1.84 bits per heavy atom. The molecule has 0 aliphatic heterocycles. The van der Waals surface area contributed by atoms with E-state index in [0.717, 1.165) is 9.37 Å². The third-order valence-electron chi connectivity index (χ3n) is 2.60. The van der Waals surface area contributed by atoms with Gasteiger partial charge in [-0.05, 0) is 34.1 Å². The molecule has 106 valence electrons. The van der Waals surface area contributed by atoms with Gasteiger partial charge in [0, 0.05) is 36.7 Å². The van der Waals surface area contributed by atoms with Gasteiger partial charge in [0.15, 0.2) is 0 Å². The molecule has 6 heteroatoms. The first-order valence-corrected chi connectivity index (χ1v) is 7.09. The maximum absolute atomic E-state index is 12.5. The fourth-order valence-electron chi connectivity index (χ4n) is 1.57. The SMILES string of the molecule is COCCN(CCOC)C(=O)c1cc(S)ccc1Br. The normalized spacial score (nSPS) is 10.5. The number of nitrogens with zero attached hydrogens (tertiary/aromatic N) is 1. The van der Waals surface area contributed by atoms with Gasteiger partial charge in [0.25, 0.3) is 5.91 Å². The summed E-state index contributed by atoms with van der Waals surface area (Å²) in [4.78, 5) is 14.9. The fraction of sp³-hybridized carbons (Fsp3) is 0.462. The Hall–Kier alpha value is -0.560. The van der Waals surface area contributed by atoms with Crippen molar-refractivity contribution in [1.29, 1.82) is 0 Å². The summed E-state index contributed by atoms with van der Waals surface area (Å²) in [5.74, 6) is -0.0584. The van der Waals surface area contributed by atoms with E-state index in [1.165, 1.54) is 0 Å². The number of hydrogen-bond acceptors (Lipinski definition) is 4. The van der Waals surface area contributed by atoms with Crippen molar-refractivity contribution in [3.63, 3.8) is 0 Å². The van der Waals surface area contributed by atoms with Gasteiger partial charge < -0.3 is 14.4 Å². The third-order valence-corrected chi connectivity index (χ3v) is 3.57. The molecule has 0 fully saturated rings. The number of ether oxygens (including phenoxy) is 2. The molecule has 0 bridgehead atoms. The van der Waals surface area contributed by atoms with Crippen LogP contribution in [0.4, 0.5) is 0 Å². The highest BCUT2D eigenvalue weighted by molar-refractivity contribution is 9.10. The summed E-state index contributed by atoms with van der Waals surface area (Å²) < 4.78 is 10.8. The van der Waals surface area contributed by atoms with E-state index >= 15 is 0 Å². The molecule has 1 rings (SSSR count). The molecule has 19 heavy (non-hydrogen) atoms. The topological polar surface area (TPSA) is 38.8 Å². The number of carbonyl (C=O) groups excluding carboxylic acids is 1. The minimum atomic E-state index is -0.0584. The van der Waals surface area contributed by atoms with Crippen LogP contribution in [0.15, 0.2) is 27.6 Å². The van der Waals surface area contributed by atoms with Crippen LogP contribution in [0, 0.1) is 0 Å². The van der Waals surface area contributed by atoms with Crippen molar-refractivity contribution >= 4 is 34.5 Å². The van der Waals surface area contributed by atoms with Crippen molar-refractivity contribution < 1.29 is 14.3 Å². The summed E-state index contributed by atoms with van der Waals surface area (Å²) in [6, 6.07) is 5.40. The van der Waals surface area contributed by atoms with E-state index in [0.29, 0.717) is 31.9 Å². The molecule has 0 aliphatic carbocycles. The van der Waals surface area contributed by atoms with Crippen molar-refractivity contribution in [1.82, 2.24) is 4.90 Å². The molecule has 0 unspecified atom stereocenters. The lowest BCUT2D eigenvalue weighted by molar-refractivity contribution is 0.0626. The Kier molecular flexibility index (Phi) is 7.45. The Morgan fingerprint density at radius 1 is 1.26 bits per heavy atom. The summed E-state index contributed by atoms with van der Waals surface area (Å²) in [5, 5.41) is 0. The molecule has 0 aliphatic rings. The van der Waals surface area contributed by atoms with Crippen LogP contribution < -0.4 is 0 Å². The molecule has 1 amide bonds. The second kappa shape index (κ2) is 8.58. The first-order chi connectivity index (χ1) is 9.10. The quantitative estimate of drug-likeness (QED) is 0.770. The number of benzene rings is 1. The van der Waals surface area contributed by atoms with Crippen LogP contribution in [-0.2, 0) is 9.47 Å². The van der Waals surface area contributed by atoms with E-state index in [2.05, 4.69) is 28.6 Å². The molecule has 4 nitrogen and oxygen atoms in total. The van der Waals surface area contributed by atoms with Crippen LogP contribution in [0.25, 0.3) is 0 Å². The molecule has 0 aromatic heterocycles. The number of methoxy groups -OCH3 is 2. The molecule has 0 heterocycles. The first-order valence-electron chi connectivity index (χ1n) is 5.85. The van der Waals surface area contributed by atoms with Crippen LogP contribution in [0.3, 0.4) is 0 Å². The number of amides is 1. The van der Waals surface area contributed by atoms with Gasteiger partial charge in [0.2, 0.25) is 0 Å². The van der Waals surface area contributed by atoms with Crippen LogP contribution in [-0.4, -0.2) is 51.3 Å². The smallest absolute Gasteiger partial charge is 0.255 e. The van der Waals surface area contributed by atoms with Crippen LogP contribution in [0.1, 0.15) is 10.4 Å². The fourth-order valence-corrected chi connectivity index (χ4v) is 2.19. The van der Waals surface area contributed by atoms with Crippen LogP contribution in [0.5, 0.6) is 0 Å². The van der Waals surface area contributed by atoms with Crippen molar-refractivity contribution in [2.45, 2.75) is 4.90 Å². The van der Waals surface area contributed by atoms with Crippen LogP contribution >= 0.6 is 28.6 Å². The van der Waals surface area contributed by atoms with Gasteiger partial charge in [-0.2, -0.15) is 0 Å². The average molecular weight is 348 g/mol. The van der Waals surface area contributed by atoms with Gasteiger partial charge in [-0.1, -0.05) is 0 Å². The predicted molar refractivity (Wildman–Crippen MR) is 81.0 cm³/mol. The van der Waals surface area contributed by atoms with E-state index in [1.807, 2.05) is 12.1 Å². The highest BCUT2D eigenvalue weighted by Crippen LogP contribution is 2.21. The Morgan fingerprint density at radius 3 is 2.37 bits per heavy atom. The van der Waals surface area contributed by atoms with Gasteiger partial charge in [0.1, 0.15) is 0 Å². The molecule has 0 spiro atoms. The maximum atomic E-state index is 12.5. The Balaban J connectivity index is 2.87. The number of hydrogen-bond donors (Lipinski definition) is 1. The van der Waals surface area contributed by atoms with Gasteiger partial charge >= 0.3 is 0 Å². The number of rotatable bonds is 7. The van der Waals surface area contributed by atoms with Crippen LogP contribution in [0.2, 0.25) is 0 Å². The molecule has 0 atom stereocenters. The lowest BCUT2D eigenvalue weighted by atomic mass is 10.2. The molecule has 1 aromatic rings. The average Bonchev–Trinajstić information content (AvgIpc) is 2.41. The van der Waals surface area contributed by atoms with E-state index in [9.17, 15) is 4.79 Å². The first kappa shape index (κ1) is 16.5. The Bertz CT molecular complexity index is 420. The van der Waals surface area contributed by atoms with Crippen molar-refractivity contribution in [3.05, 3.63) is 28.2 Å². The molecule has 0 saturated heterocycles. The van der Waals surface area contributed by atoms with E-state index in [1.54, 1.807) is 25.2 Å². The minimum absolute atomic E-state index is 0.0584. The second-order valence-electron chi connectivity index (χ2n) is 3.94. The number of carbonyl (C=O) groups is 1. The highest BCUT2D eigenvalue weighted by Gasteiger charge is 2.18. The predicted octanol–water partition coefficient (Wildman–Crippen LogP) is 2.47. The minimum Gasteiger partial charge on any atom is -0.383 e. The molecule has 0 saturated carbocycles. The van der Waals surface area contributed by atoms with Gasteiger partial charge in [-0.3, -0.25) is 4.79 Å². The van der Waals surface area contributed by atoms with E-state index in [-0.39, 0.29) is 5.91 Å². The Labute approximate surface area is 127 Å². The zero-order valence-electron chi connectivity index (χ0n) is 11.1. The van der Waals surface area contributed by atoms with E-state index in [4.69, 9.17) is 9.47 Å². The van der Waals surface area contributed by atoms with Gasteiger partial charge in [0.05, 0.1) is 18.8 Å². The molecular formula is C13H18BrNO3S. The third kappa shape index (κ3) is 5.14. The molecule has 1 aromatic carbocycles. The highest BCUT2D eigenvalue weighted by atomic mass is 79.9. The number of halogens is 1. The molecule has 0 radical (unpaired) electrons. The van der Waals surface area contributed by atoms with Crippen molar-refractivity contribution in [2.75, 3.05) is 40.5 Å². The zero-order valence-corrected chi connectivity index (χ0v) is 13.5. The van der Waals surface area contributed by atoms with Gasteiger partial charge in [-0.25, -0.2) is 0 Å². The van der Waals surface area contributed by atoms with E-state index < -0.39 is 0 Å². The van der Waals surface area contributed by atoms with Crippen molar-refractivity contribution in [2.24, 2.45) is 0 Å². The summed E-state index contributed by atoms with van der Waals surface area (Å²) in [6.07, 6.45) is 0. The summed E-state index contributed by atoms with van der Waals surface area (Å²) >= 11 is 7.66. The lowest BCUT2D eigenvalue weighted by Gasteiger charge is -2.22. The standard InChI is InChI=1S/C13H18BrNO3S/c1-17-7-5-15(6-8-18-2)13(16)11-9-10(19)3-4-12(11)14/h3-4,9,19H,5-8H2,1-2H3.